The zero-order valence-electron chi connectivity index (χ0n) is 13.2. The molecule has 6 nitrogen and oxygen atoms in total. The Bertz CT molecular complexity index is 561. The highest BCUT2D eigenvalue weighted by molar-refractivity contribution is 5.77. The van der Waals surface area contributed by atoms with Gasteiger partial charge in [-0.1, -0.05) is 6.07 Å². The molecule has 1 aromatic carbocycles. The van der Waals surface area contributed by atoms with E-state index in [0.717, 1.165) is 19.4 Å². The summed E-state index contributed by atoms with van der Waals surface area (Å²) in [6.07, 6.45) is 1.94. The van der Waals surface area contributed by atoms with Crippen LogP contribution in [0.4, 0.5) is 8.78 Å². The van der Waals surface area contributed by atoms with Crippen molar-refractivity contribution < 1.29 is 23.0 Å². The molecule has 132 valence electrons. The quantitative estimate of drug-likeness (QED) is 0.724. The van der Waals surface area contributed by atoms with E-state index in [1.165, 1.54) is 18.2 Å². The predicted molar refractivity (Wildman–Crippen MR) is 81.7 cm³/mol. The third-order valence-electron chi connectivity index (χ3n) is 4.15. The fraction of sp³-hybridized carbons (Fsp3) is 0.562. The van der Waals surface area contributed by atoms with Gasteiger partial charge in [0.05, 0.1) is 24.9 Å². The minimum absolute atomic E-state index is 0.0311. The van der Waals surface area contributed by atoms with E-state index in [2.05, 4.69) is 16.2 Å². The summed E-state index contributed by atoms with van der Waals surface area (Å²) in [5.74, 6) is -1.51. The number of hydrogen-bond acceptors (Lipinski definition) is 5. The van der Waals surface area contributed by atoms with Crippen LogP contribution in [0, 0.1) is 11.6 Å². The molecule has 1 aromatic rings. The second-order valence-electron chi connectivity index (χ2n) is 5.98. The maximum Gasteiger partial charge on any atom is 0.247 e. The van der Waals surface area contributed by atoms with Crippen molar-refractivity contribution in [1.29, 1.82) is 0 Å². The standard InChI is InChI=1S/C16H21F2N3O3/c17-11-4-1-5-12(18)16(11)13-7-14(21-20-13)19-15(22)9-23-8-10-3-2-6-24-10/h1,4-5,10,13-14,20-21H,2-3,6-9H2,(H,19,22). The van der Waals surface area contributed by atoms with Crippen molar-refractivity contribution >= 4 is 5.91 Å². The molecule has 0 aliphatic carbocycles. The van der Waals surface area contributed by atoms with Crippen LogP contribution in [0.2, 0.25) is 0 Å². The van der Waals surface area contributed by atoms with Gasteiger partial charge in [-0.05, 0) is 25.0 Å². The molecule has 0 saturated carbocycles. The minimum atomic E-state index is -0.610. The van der Waals surface area contributed by atoms with Crippen molar-refractivity contribution in [3.8, 4) is 0 Å². The number of nitrogens with one attached hydrogen (secondary N) is 3. The zero-order valence-corrected chi connectivity index (χ0v) is 13.2. The number of rotatable bonds is 6. The van der Waals surface area contributed by atoms with Gasteiger partial charge in [0.2, 0.25) is 5.91 Å². The maximum absolute atomic E-state index is 13.8. The fourth-order valence-electron chi connectivity index (χ4n) is 2.98. The van der Waals surface area contributed by atoms with Gasteiger partial charge in [-0.25, -0.2) is 19.6 Å². The summed E-state index contributed by atoms with van der Waals surface area (Å²) in [5.41, 5.74) is 5.60. The van der Waals surface area contributed by atoms with E-state index >= 15 is 0 Å². The van der Waals surface area contributed by atoms with Crippen LogP contribution in [-0.4, -0.2) is 38.0 Å². The molecule has 3 unspecified atom stereocenters. The minimum Gasteiger partial charge on any atom is -0.376 e. The van der Waals surface area contributed by atoms with Crippen molar-refractivity contribution in [2.24, 2.45) is 0 Å². The van der Waals surface area contributed by atoms with Crippen LogP contribution in [-0.2, 0) is 14.3 Å². The first-order valence-electron chi connectivity index (χ1n) is 8.07. The van der Waals surface area contributed by atoms with E-state index in [-0.39, 0.29) is 24.2 Å². The second-order valence-corrected chi connectivity index (χ2v) is 5.98. The Balaban J connectivity index is 1.43. The number of ether oxygens (including phenoxy) is 2. The number of carbonyl (C=O) groups excluding carboxylic acids is 1. The summed E-state index contributed by atoms with van der Waals surface area (Å²) in [6, 6.07) is 3.20. The van der Waals surface area contributed by atoms with Gasteiger partial charge >= 0.3 is 0 Å². The first-order chi connectivity index (χ1) is 11.6. The molecule has 8 heteroatoms. The average molecular weight is 341 g/mol. The first-order valence-corrected chi connectivity index (χ1v) is 8.07. The van der Waals surface area contributed by atoms with E-state index in [4.69, 9.17) is 9.47 Å². The van der Waals surface area contributed by atoms with Gasteiger partial charge in [0.1, 0.15) is 18.2 Å². The third-order valence-corrected chi connectivity index (χ3v) is 4.15. The van der Waals surface area contributed by atoms with Crippen LogP contribution in [0.15, 0.2) is 18.2 Å². The molecular weight excluding hydrogens is 320 g/mol. The molecule has 0 bridgehead atoms. The molecule has 1 amide bonds. The van der Waals surface area contributed by atoms with Gasteiger partial charge in [-0.2, -0.15) is 0 Å². The first kappa shape index (κ1) is 17.2. The van der Waals surface area contributed by atoms with Crippen molar-refractivity contribution in [2.45, 2.75) is 37.6 Å². The Morgan fingerprint density at radius 3 is 2.83 bits per heavy atom. The Morgan fingerprint density at radius 1 is 1.33 bits per heavy atom. The molecule has 0 aromatic heterocycles. The number of hydrazine groups is 1. The molecule has 2 heterocycles. The number of benzene rings is 1. The maximum atomic E-state index is 13.8. The summed E-state index contributed by atoms with van der Waals surface area (Å²) in [5, 5.41) is 2.72. The SMILES string of the molecule is O=C(COCC1CCCO1)NC1CC(c2c(F)cccc2F)NN1. The molecule has 3 rings (SSSR count). The van der Waals surface area contributed by atoms with Crippen LogP contribution in [0.1, 0.15) is 30.9 Å². The van der Waals surface area contributed by atoms with Gasteiger partial charge in [0, 0.05) is 18.6 Å². The zero-order chi connectivity index (χ0) is 16.9. The smallest absolute Gasteiger partial charge is 0.247 e. The lowest BCUT2D eigenvalue weighted by Gasteiger charge is -2.14. The second kappa shape index (κ2) is 7.98. The highest BCUT2D eigenvalue weighted by Gasteiger charge is 2.30. The normalized spacial score (nSPS) is 26.7. The van der Waals surface area contributed by atoms with E-state index in [9.17, 15) is 13.6 Å². The Hall–Kier alpha value is -1.61. The van der Waals surface area contributed by atoms with Crippen LogP contribution in [0.3, 0.4) is 0 Å². The van der Waals surface area contributed by atoms with E-state index < -0.39 is 23.8 Å². The highest BCUT2D eigenvalue weighted by Crippen LogP contribution is 2.26. The largest absolute Gasteiger partial charge is 0.376 e. The van der Waals surface area contributed by atoms with E-state index in [0.29, 0.717) is 13.0 Å². The van der Waals surface area contributed by atoms with Crippen molar-refractivity contribution in [3.05, 3.63) is 35.4 Å². The Labute approximate surface area is 138 Å². The Morgan fingerprint density at radius 2 is 2.12 bits per heavy atom. The molecule has 3 atom stereocenters. The average Bonchev–Trinajstić information content (AvgIpc) is 3.19. The summed E-state index contributed by atoms with van der Waals surface area (Å²) < 4.78 is 38.3. The molecule has 0 spiro atoms. The van der Waals surface area contributed by atoms with Crippen LogP contribution in [0.5, 0.6) is 0 Å². The van der Waals surface area contributed by atoms with Crippen molar-refractivity contribution in [3.63, 3.8) is 0 Å². The lowest BCUT2D eigenvalue weighted by atomic mass is 10.0. The summed E-state index contributed by atoms with van der Waals surface area (Å²) >= 11 is 0. The number of carbonyl (C=O) groups is 1. The van der Waals surface area contributed by atoms with E-state index in [1.54, 1.807) is 0 Å². The molecule has 2 fully saturated rings. The van der Waals surface area contributed by atoms with Crippen molar-refractivity contribution in [1.82, 2.24) is 16.2 Å². The number of halogens is 2. The topological polar surface area (TPSA) is 71.6 Å². The van der Waals surface area contributed by atoms with Gasteiger partial charge in [-0.15, -0.1) is 0 Å². The molecule has 2 aliphatic rings. The molecule has 0 radical (unpaired) electrons. The lowest BCUT2D eigenvalue weighted by Crippen LogP contribution is -2.45. The van der Waals surface area contributed by atoms with Crippen LogP contribution in [0.25, 0.3) is 0 Å². The molecule has 2 saturated heterocycles. The van der Waals surface area contributed by atoms with Crippen LogP contribution >= 0.6 is 0 Å². The third kappa shape index (κ3) is 4.27. The molecule has 24 heavy (non-hydrogen) atoms. The predicted octanol–water partition coefficient (Wildman–Crippen LogP) is 1.14. The van der Waals surface area contributed by atoms with Gasteiger partial charge in [-0.3, -0.25) is 4.79 Å². The summed E-state index contributed by atoms with van der Waals surface area (Å²) in [7, 11) is 0. The number of hydrogen-bond donors (Lipinski definition) is 3. The fourth-order valence-corrected chi connectivity index (χ4v) is 2.98. The molecule has 3 N–H and O–H groups in total. The van der Waals surface area contributed by atoms with Gasteiger partial charge in [0.25, 0.3) is 0 Å². The van der Waals surface area contributed by atoms with Gasteiger partial charge < -0.3 is 14.8 Å². The van der Waals surface area contributed by atoms with Crippen molar-refractivity contribution in [2.75, 3.05) is 19.8 Å². The van der Waals surface area contributed by atoms with E-state index in [1.807, 2.05) is 0 Å². The van der Waals surface area contributed by atoms with Gasteiger partial charge in [0.15, 0.2) is 0 Å². The molecule has 2 aliphatic heterocycles. The highest BCUT2D eigenvalue weighted by atomic mass is 19.1. The molecular formula is C16H21F2N3O3. The number of amides is 1. The summed E-state index contributed by atoms with van der Waals surface area (Å²) in [6.45, 7) is 1.06. The Kier molecular flexibility index (Phi) is 5.72. The van der Waals surface area contributed by atoms with Crippen LogP contribution < -0.4 is 16.2 Å². The lowest BCUT2D eigenvalue weighted by molar-refractivity contribution is -0.127. The monoisotopic (exact) mass is 341 g/mol. The summed E-state index contributed by atoms with van der Waals surface area (Å²) in [4.78, 5) is 11.9.